The maximum Gasteiger partial charge on any atom is 0.336 e. The van der Waals surface area contributed by atoms with Gasteiger partial charge in [0.1, 0.15) is 6.61 Å². The second-order valence-corrected chi connectivity index (χ2v) is 4.10. The van der Waals surface area contributed by atoms with Crippen LogP contribution >= 0.6 is 15.9 Å². The number of hydrogen-bond donors (Lipinski definition) is 0. The van der Waals surface area contributed by atoms with Crippen LogP contribution in [0.5, 0.6) is 5.75 Å². The topological polar surface area (TPSA) is 35.5 Å². The van der Waals surface area contributed by atoms with E-state index in [4.69, 9.17) is 9.47 Å². The molecule has 0 atom stereocenters. The molecule has 0 aliphatic carbocycles. The van der Waals surface area contributed by atoms with Gasteiger partial charge in [0.15, 0.2) is 11.6 Å². The Balaban J connectivity index is 2.56. The molecule has 0 aromatic heterocycles. The third kappa shape index (κ3) is 4.19. The van der Waals surface area contributed by atoms with Gasteiger partial charge in [-0.05, 0) is 25.1 Å². The van der Waals surface area contributed by atoms with Crippen LogP contribution in [0.1, 0.15) is 6.92 Å². The van der Waals surface area contributed by atoms with Crippen molar-refractivity contribution >= 4 is 21.9 Å². The van der Waals surface area contributed by atoms with E-state index in [0.717, 1.165) is 0 Å². The van der Waals surface area contributed by atoms with Gasteiger partial charge in [0.05, 0.1) is 12.2 Å². The lowest BCUT2D eigenvalue weighted by Crippen LogP contribution is -2.13. The molecular formula is C12H12BrFO3. The molecule has 0 aliphatic heterocycles. The van der Waals surface area contributed by atoms with Crippen LogP contribution in [-0.2, 0) is 9.53 Å². The van der Waals surface area contributed by atoms with E-state index in [2.05, 4.69) is 22.5 Å². The zero-order valence-corrected chi connectivity index (χ0v) is 10.9. The molecule has 92 valence electrons. The Morgan fingerprint density at radius 3 is 2.82 bits per heavy atom. The molecular weight excluding hydrogens is 291 g/mol. The Morgan fingerprint density at radius 1 is 1.53 bits per heavy atom. The van der Waals surface area contributed by atoms with E-state index in [1.54, 1.807) is 13.0 Å². The summed E-state index contributed by atoms with van der Waals surface area (Å²) in [5, 5.41) is 0. The lowest BCUT2D eigenvalue weighted by molar-refractivity contribution is -0.138. The number of ether oxygens (including phenoxy) is 2. The van der Waals surface area contributed by atoms with Crippen LogP contribution in [0, 0.1) is 5.82 Å². The van der Waals surface area contributed by atoms with Crippen molar-refractivity contribution in [3.63, 3.8) is 0 Å². The molecule has 5 heteroatoms. The van der Waals surface area contributed by atoms with E-state index >= 15 is 0 Å². The molecule has 0 heterocycles. The van der Waals surface area contributed by atoms with Gasteiger partial charge in [-0.1, -0.05) is 22.5 Å². The Bertz CT molecular complexity index is 432. The SMILES string of the molecule is C=C(COc1ccc(Br)cc1F)C(=O)OCC. The van der Waals surface area contributed by atoms with Crippen LogP contribution in [0.3, 0.4) is 0 Å². The standard InChI is InChI=1S/C12H12BrFO3/c1-3-16-12(15)8(2)7-17-11-5-4-9(13)6-10(11)14/h4-6H,2-3,7H2,1H3. The summed E-state index contributed by atoms with van der Waals surface area (Å²) in [5.74, 6) is -0.972. The van der Waals surface area contributed by atoms with Crippen LogP contribution in [0.2, 0.25) is 0 Å². The van der Waals surface area contributed by atoms with Crippen molar-refractivity contribution in [2.75, 3.05) is 13.2 Å². The minimum absolute atomic E-state index is 0.0682. The van der Waals surface area contributed by atoms with Crippen LogP contribution in [-0.4, -0.2) is 19.2 Å². The van der Waals surface area contributed by atoms with Gasteiger partial charge in [-0.15, -0.1) is 0 Å². The Hall–Kier alpha value is -1.36. The highest BCUT2D eigenvalue weighted by Gasteiger charge is 2.10. The molecule has 0 fully saturated rings. The van der Waals surface area contributed by atoms with Crippen molar-refractivity contribution in [2.45, 2.75) is 6.92 Å². The molecule has 0 radical (unpaired) electrons. The smallest absolute Gasteiger partial charge is 0.336 e. The molecule has 0 spiro atoms. The second-order valence-electron chi connectivity index (χ2n) is 3.19. The number of halogens is 2. The van der Waals surface area contributed by atoms with Gasteiger partial charge in [-0.2, -0.15) is 0 Å². The van der Waals surface area contributed by atoms with Crippen molar-refractivity contribution in [1.82, 2.24) is 0 Å². The van der Waals surface area contributed by atoms with Crippen LogP contribution in [0.4, 0.5) is 4.39 Å². The van der Waals surface area contributed by atoms with Crippen LogP contribution < -0.4 is 4.74 Å². The van der Waals surface area contributed by atoms with E-state index in [1.165, 1.54) is 12.1 Å². The van der Waals surface area contributed by atoms with E-state index in [1.807, 2.05) is 0 Å². The fourth-order valence-corrected chi connectivity index (χ4v) is 1.38. The van der Waals surface area contributed by atoms with Gasteiger partial charge >= 0.3 is 5.97 Å². The summed E-state index contributed by atoms with van der Waals surface area (Å²) in [7, 11) is 0. The van der Waals surface area contributed by atoms with Gasteiger partial charge in [-0.25, -0.2) is 9.18 Å². The molecule has 0 saturated carbocycles. The van der Waals surface area contributed by atoms with Crippen molar-refractivity contribution < 1.29 is 18.7 Å². The fraction of sp³-hybridized carbons (Fsp3) is 0.250. The molecule has 1 aromatic rings. The fourth-order valence-electron chi connectivity index (χ4n) is 1.05. The van der Waals surface area contributed by atoms with Crippen LogP contribution in [0.15, 0.2) is 34.8 Å². The van der Waals surface area contributed by atoms with E-state index in [0.29, 0.717) is 4.47 Å². The average molecular weight is 303 g/mol. The highest BCUT2D eigenvalue weighted by atomic mass is 79.9. The van der Waals surface area contributed by atoms with Gasteiger partial charge in [0.2, 0.25) is 0 Å². The number of carbonyl (C=O) groups is 1. The first-order chi connectivity index (χ1) is 8.04. The molecule has 1 rings (SSSR count). The Morgan fingerprint density at radius 2 is 2.24 bits per heavy atom. The molecule has 0 amide bonds. The van der Waals surface area contributed by atoms with Gasteiger partial charge < -0.3 is 9.47 Å². The number of hydrogen-bond acceptors (Lipinski definition) is 3. The van der Waals surface area contributed by atoms with Gasteiger partial charge in [0.25, 0.3) is 0 Å². The minimum Gasteiger partial charge on any atom is -0.486 e. The predicted molar refractivity (Wildman–Crippen MR) is 65.4 cm³/mol. The first-order valence-electron chi connectivity index (χ1n) is 4.97. The average Bonchev–Trinajstić information content (AvgIpc) is 2.27. The number of benzene rings is 1. The van der Waals surface area contributed by atoms with Crippen LogP contribution in [0.25, 0.3) is 0 Å². The first kappa shape index (κ1) is 13.7. The highest BCUT2D eigenvalue weighted by molar-refractivity contribution is 9.10. The highest BCUT2D eigenvalue weighted by Crippen LogP contribution is 2.21. The monoisotopic (exact) mass is 302 g/mol. The summed E-state index contributed by atoms with van der Waals surface area (Å²) in [6.07, 6.45) is 0. The summed E-state index contributed by atoms with van der Waals surface area (Å²) in [6, 6.07) is 4.39. The minimum atomic E-state index is -0.537. The molecule has 3 nitrogen and oxygen atoms in total. The molecule has 0 N–H and O–H groups in total. The summed E-state index contributed by atoms with van der Waals surface area (Å²) in [4.78, 5) is 11.2. The third-order valence-corrected chi connectivity index (χ3v) is 2.35. The summed E-state index contributed by atoms with van der Waals surface area (Å²) in [5.41, 5.74) is 0.147. The number of rotatable bonds is 5. The summed E-state index contributed by atoms with van der Waals surface area (Å²) in [6.45, 7) is 5.37. The number of esters is 1. The lowest BCUT2D eigenvalue weighted by Gasteiger charge is -2.08. The molecule has 17 heavy (non-hydrogen) atoms. The Labute approximate surface area is 107 Å². The van der Waals surface area contributed by atoms with E-state index < -0.39 is 11.8 Å². The lowest BCUT2D eigenvalue weighted by atomic mass is 10.3. The Kier molecular flexibility index (Phi) is 5.15. The first-order valence-corrected chi connectivity index (χ1v) is 5.76. The predicted octanol–water partition coefficient (Wildman–Crippen LogP) is 3.09. The molecule has 0 aliphatic rings. The normalized spacial score (nSPS) is 9.82. The molecule has 0 saturated heterocycles. The maximum absolute atomic E-state index is 13.3. The van der Waals surface area contributed by atoms with Crippen molar-refractivity contribution in [3.8, 4) is 5.75 Å². The van der Waals surface area contributed by atoms with Crippen molar-refractivity contribution in [2.24, 2.45) is 0 Å². The molecule has 0 bridgehead atoms. The molecule has 1 aromatic carbocycles. The van der Waals surface area contributed by atoms with E-state index in [9.17, 15) is 9.18 Å². The van der Waals surface area contributed by atoms with E-state index in [-0.39, 0.29) is 24.5 Å². The zero-order chi connectivity index (χ0) is 12.8. The maximum atomic E-state index is 13.3. The number of carbonyl (C=O) groups excluding carboxylic acids is 1. The third-order valence-electron chi connectivity index (χ3n) is 1.86. The second kappa shape index (κ2) is 6.39. The quantitative estimate of drug-likeness (QED) is 0.619. The summed E-state index contributed by atoms with van der Waals surface area (Å²) >= 11 is 3.13. The summed E-state index contributed by atoms with van der Waals surface area (Å²) < 4.78 is 23.8. The zero-order valence-electron chi connectivity index (χ0n) is 9.33. The largest absolute Gasteiger partial charge is 0.486 e. The van der Waals surface area contributed by atoms with Crippen molar-refractivity contribution in [3.05, 3.63) is 40.6 Å². The van der Waals surface area contributed by atoms with Gasteiger partial charge in [0, 0.05) is 4.47 Å². The molecule has 0 unspecified atom stereocenters. The van der Waals surface area contributed by atoms with Crippen molar-refractivity contribution in [1.29, 1.82) is 0 Å². The van der Waals surface area contributed by atoms with Gasteiger partial charge in [-0.3, -0.25) is 0 Å².